The first-order valence-electron chi connectivity index (χ1n) is 23.1. The first kappa shape index (κ1) is 51.8. The van der Waals surface area contributed by atoms with Crippen molar-refractivity contribution in [1.82, 2.24) is 5.32 Å². The summed E-state index contributed by atoms with van der Waals surface area (Å²) in [6.07, 6.45) is -7.16. The highest BCUT2D eigenvalue weighted by atomic mass is 28.4. The summed E-state index contributed by atoms with van der Waals surface area (Å²) in [5, 5.41) is 2.90. The van der Waals surface area contributed by atoms with Gasteiger partial charge < -0.3 is 52.4 Å². The number of hydrogen-bond donors (Lipinski definition) is 1. The molecule has 0 unspecified atom stereocenters. The minimum absolute atomic E-state index is 0.00655. The predicted molar refractivity (Wildman–Crippen MR) is 256 cm³/mol. The number of carbonyl (C=O) groups is 2. The normalized spacial score (nSPS) is 25.5. The molecule has 0 saturated carbocycles. The Morgan fingerprint density at radius 3 is 1.54 bits per heavy atom. The Bertz CT molecular complexity index is 2090. The van der Waals surface area contributed by atoms with Gasteiger partial charge in [0.05, 0.1) is 46.2 Å². The van der Waals surface area contributed by atoms with E-state index in [1.54, 1.807) is 6.08 Å². The van der Waals surface area contributed by atoms with Crippen molar-refractivity contribution in [2.45, 2.75) is 141 Å². The largest absolute Gasteiger partial charge is 0.457 e. The molecule has 1 N–H and O–H groups in total. The molecule has 0 aliphatic carbocycles. The van der Waals surface area contributed by atoms with E-state index >= 15 is 0 Å². The summed E-state index contributed by atoms with van der Waals surface area (Å²) in [7, 11) is -2.55. The third-order valence-electron chi connectivity index (χ3n) is 12.2. The second-order valence-electron chi connectivity index (χ2n) is 18.5. The van der Waals surface area contributed by atoms with E-state index in [9.17, 15) is 9.59 Å². The predicted octanol–water partition coefficient (Wildman–Crippen LogP) is 8.46. The van der Waals surface area contributed by atoms with Gasteiger partial charge in [0, 0.05) is 13.8 Å². The van der Waals surface area contributed by atoms with Gasteiger partial charge in [-0.15, -0.1) is 6.58 Å². The zero-order valence-electron chi connectivity index (χ0n) is 40.0. The fraction of sp³-hybridized carbons (Fsp3) is 0.472. The Balaban J connectivity index is 1.43. The molecular weight excluding hydrogens is 871 g/mol. The lowest BCUT2D eigenvalue weighted by Gasteiger charge is -2.52. The Morgan fingerprint density at radius 1 is 0.612 bits per heavy atom. The molecule has 14 heteroatoms. The monoisotopic (exact) mass is 939 g/mol. The van der Waals surface area contributed by atoms with Crippen LogP contribution >= 0.6 is 0 Å². The molecule has 0 bridgehead atoms. The quantitative estimate of drug-likeness (QED) is 0.0434. The van der Waals surface area contributed by atoms with Gasteiger partial charge in [0.25, 0.3) is 0 Å². The van der Waals surface area contributed by atoms with E-state index in [1.165, 1.54) is 13.8 Å². The zero-order valence-corrected chi connectivity index (χ0v) is 41.0. The van der Waals surface area contributed by atoms with Crippen molar-refractivity contribution in [2.24, 2.45) is 0 Å². The van der Waals surface area contributed by atoms with Gasteiger partial charge in [-0.05, 0) is 40.4 Å². The van der Waals surface area contributed by atoms with Crippen LogP contribution in [0.25, 0.3) is 0 Å². The van der Waals surface area contributed by atoms with E-state index < -0.39 is 75.6 Å². The lowest BCUT2D eigenvalue weighted by atomic mass is 9.94. The molecule has 1 amide bonds. The second kappa shape index (κ2) is 25.1. The topological polar surface area (TPSA) is 138 Å². The van der Waals surface area contributed by atoms with Gasteiger partial charge in [0.15, 0.2) is 27.0 Å². The van der Waals surface area contributed by atoms with Crippen molar-refractivity contribution in [2.75, 3.05) is 19.8 Å². The smallest absolute Gasteiger partial charge is 0.303 e. The van der Waals surface area contributed by atoms with Crippen LogP contribution in [0, 0.1) is 0 Å². The molecule has 13 nitrogen and oxygen atoms in total. The van der Waals surface area contributed by atoms with E-state index in [0.29, 0.717) is 6.61 Å². The fourth-order valence-electron chi connectivity index (χ4n) is 7.80. The standard InChI is InChI=1S/C53H69NO12Si/c1-9-30-59-48-45(54-37(2)55)51(63-44(36-58-32-40-24-16-11-17-25-40)47(48)66-67(7,8)53(4,5)6)65-49-46(62-38(3)56)43(35-57-31-39-22-14-10-15-23-39)64-52(61-34-42-28-20-13-21-29-42)50(49)60-33-41-26-18-12-19-27-41/h9-29,43-52H,1,30-36H2,2-8H3,(H,54,55)/t43-,44-,45-,46+,47-,48-,49+,50-,51+,52+/m1/s1. The molecule has 4 aromatic rings. The molecule has 2 aliphatic rings. The average molecular weight is 940 g/mol. The highest BCUT2D eigenvalue weighted by molar-refractivity contribution is 6.74. The number of rotatable bonds is 23. The molecule has 2 heterocycles. The molecule has 0 aromatic heterocycles. The summed E-state index contributed by atoms with van der Waals surface area (Å²) in [5.41, 5.74) is 3.71. The van der Waals surface area contributed by atoms with E-state index in [0.717, 1.165) is 22.3 Å². The van der Waals surface area contributed by atoms with Crippen LogP contribution in [-0.2, 0) is 83.1 Å². The minimum atomic E-state index is -2.55. The lowest BCUT2D eigenvalue weighted by molar-refractivity contribution is -0.358. The Kier molecular flexibility index (Phi) is 19.4. The zero-order chi connectivity index (χ0) is 47.8. The van der Waals surface area contributed by atoms with E-state index in [4.69, 9.17) is 47.1 Å². The average Bonchev–Trinajstić information content (AvgIpc) is 3.30. The highest BCUT2D eigenvalue weighted by Crippen LogP contribution is 2.41. The number of benzene rings is 4. The van der Waals surface area contributed by atoms with E-state index in [2.05, 4.69) is 45.8 Å². The van der Waals surface area contributed by atoms with Gasteiger partial charge >= 0.3 is 5.97 Å². The van der Waals surface area contributed by atoms with E-state index in [-0.39, 0.29) is 50.6 Å². The highest BCUT2D eigenvalue weighted by Gasteiger charge is 2.56. The molecule has 2 aliphatic heterocycles. The molecule has 6 rings (SSSR count). The fourth-order valence-corrected chi connectivity index (χ4v) is 9.12. The second-order valence-corrected chi connectivity index (χ2v) is 23.2. The molecule has 2 saturated heterocycles. The van der Waals surface area contributed by atoms with Crippen LogP contribution in [0.3, 0.4) is 0 Å². The first-order chi connectivity index (χ1) is 32.2. The number of hydrogen-bond acceptors (Lipinski definition) is 12. The maximum Gasteiger partial charge on any atom is 0.303 e. The molecule has 362 valence electrons. The van der Waals surface area contributed by atoms with Crippen molar-refractivity contribution in [3.8, 4) is 0 Å². The summed E-state index contributed by atoms with van der Waals surface area (Å²) in [6.45, 7) is 18.6. The number of amides is 1. The van der Waals surface area contributed by atoms with Crippen LogP contribution in [0.15, 0.2) is 134 Å². The number of esters is 1. The number of ether oxygens (including phenoxy) is 9. The maximum atomic E-state index is 13.3. The molecule has 0 radical (unpaired) electrons. The van der Waals surface area contributed by atoms with Crippen molar-refractivity contribution >= 4 is 20.2 Å². The van der Waals surface area contributed by atoms with Crippen molar-refractivity contribution in [1.29, 1.82) is 0 Å². The van der Waals surface area contributed by atoms with E-state index in [1.807, 2.05) is 121 Å². The summed E-state index contributed by atoms with van der Waals surface area (Å²) >= 11 is 0. The van der Waals surface area contributed by atoms with Gasteiger partial charge in [0.2, 0.25) is 5.91 Å². The van der Waals surface area contributed by atoms with Crippen LogP contribution < -0.4 is 5.32 Å². The Morgan fingerprint density at radius 2 is 1.07 bits per heavy atom. The van der Waals surface area contributed by atoms with Crippen LogP contribution in [0.1, 0.15) is 56.9 Å². The Labute approximate surface area is 397 Å². The summed E-state index contributed by atoms with van der Waals surface area (Å²) in [5.74, 6) is -0.929. The van der Waals surface area contributed by atoms with Crippen molar-refractivity contribution in [3.05, 3.63) is 156 Å². The Hall–Kier alpha value is -4.58. The van der Waals surface area contributed by atoms with Crippen LogP contribution in [0.4, 0.5) is 0 Å². The number of nitrogens with one attached hydrogen (secondary N) is 1. The summed E-state index contributed by atoms with van der Waals surface area (Å²) in [6, 6.07) is 38.0. The molecular formula is C53H69NO12Si. The lowest BCUT2D eigenvalue weighted by Crippen LogP contribution is -2.70. The third kappa shape index (κ3) is 15.2. The summed E-state index contributed by atoms with van der Waals surface area (Å²) in [4.78, 5) is 26.5. The van der Waals surface area contributed by atoms with Gasteiger partial charge in [-0.3, -0.25) is 9.59 Å². The van der Waals surface area contributed by atoms with Gasteiger partial charge in [-0.1, -0.05) is 148 Å². The molecule has 2 fully saturated rings. The SMILES string of the molecule is C=CCO[C@@H]1[C@@H](NC(C)=O)[C@H](O[C@H]2[C@@H](OC(C)=O)[C@@H](COCc3ccccc3)O[C@H](OCc3ccccc3)[C@@H]2OCc2ccccc2)O[C@H](COCc2ccccc2)[C@H]1O[Si](C)(C)C(C)(C)C. The van der Waals surface area contributed by atoms with Crippen LogP contribution in [0.2, 0.25) is 18.1 Å². The minimum Gasteiger partial charge on any atom is -0.457 e. The van der Waals surface area contributed by atoms with Gasteiger partial charge in [-0.25, -0.2) is 0 Å². The summed E-state index contributed by atoms with van der Waals surface area (Å²) < 4.78 is 67.2. The van der Waals surface area contributed by atoms with Crippen LogP contribution in [-0.4, -0.2) is 101 Å². The first-order valence-corrected chi connectivity index (χ1v) is 26.0. The van der Waals surface area contributed by atoms with Gasteiger partial charge in [-0.2, -0.15) is 0 Å². The number of carbonyl (C=O) groups excluding carboxylic acids is 2. The van der Waals surface area contributed by atoms with Crippen molar-refractivity contribution in [3.63, 3.8) is 0 Å². The molecule has 67 heavy (non-hydrogen) atoms. The third-order valence-corrected chi connectivity index (χ3v) is 16.6. The maximum absolute atomic E-state index is 13.3. The molecule has 0 spiro atoms. The van der Waals surface area contributed by atoms with Crippen molar-refractivity contribution < 1.29 is 56.6 Å². The van der Waals surface area contributed by atoms with Crippen LogP contribution in [0.5, 0.6) is 0 Å². The molecule has 4 aromatic carbocycles. The van der Waals surface area contributed by atoms with Gasteiger partial charge in [0.1, 0.15) is 42.7 Å². The molecule has 10 atom stereocenters.